The number of amides is 1. The number of carbonyl (C=O) groups is 1. The van der Waals surface area contributed by atoms with Gasteiger partial charge in [-0.2, -0.15) is 0 Å². The van der Waals surface area contributed by atoms with E-state index in [1.54, 1.807) is 17.2 Å². The average molecular weight is 333 g/mol. The molecule has 0 saturated carbocycles. The van der Waals surface area contributed by atoms with Gasteiger partial charge in [0.15, 0.2) is 0 Å². The third kappa shape index (κ3) is 3.97. The zero-order valence-corrected chi connectivity index (χ0v) is 13.3. The summed E-state index contributed by atoms with van der Waals surface area (Å²) >= 11 is 12.0. The summed E-state index contributed by atoms with van der Waals surface area (Å²) < 4.78 is 4.91. The van der Waals surface area contributed by atoms with E-state index in [4.69, 9.17) is 33.7 Å². The molecule has 0 aromatic carbocycles. The number of anilines is 1. The number of aromatic nitrogens is 1. The Morgan fingerprint density at radius 3 is 2.67 bits per heavy atom. The van der Waals surface area contributed by atoms with Crippen molar-refractivity contribution < 1.29 is 9.53 Å². The van der Waals surface area contributed by atoms with Gasteiger partial charge in [0, 0.05) is 39.5 Å². The molecule has 21 heavy (non-hydrogen) atoms. The monoisotopic (exact) mass is 332 g/mol. The SMILES string of the molecule is COCC(N)C(=O)N1CCN(c2ncc(Cl)cc2Cl)CC1. The van der Waals surface area contributed by atoms with Crippen LogP contribution in [0.25, 0.3) is 0 Å². The van der Waals surface area contributed by atoms with Gasteiger partial charge in [-0.05, 0) is 6.07 Å². The Morgan fingerprint density at radius 1 is 1.43 bits per heavy atom. The molecule has 2 heterocycles. The van der Waals surface area contributed by atoms with E-state index < -0.39 is 6.04 Å². The Kier molecular flexibility index (Phi) is 5.64. The molecule has 1 atom stereocenters. The van der Waals surface area contributed by atoms with Crippen LogP contribution in [0.15, 0.2) is 12.3 Å². The molecule has 116 valence electrons. The summed E-state index contributed by atoms with van der Waals surface area (Å²) in [4.78, 5) is 20.1. The highest BCUT2D eigenvalue weighted by molar-refractivity contribution is 6.36. The minimum atomic E-state index is -0.612. The molecule has 1 fully saturated rings. The molecule has 6 nitrogen and oxygen atoms in total. The summed E-state index contributed by atoms with van der Waals surface area (Å²) in [5.74, 6) is 0.598. The van der Waals surface area contributed by atoms with Crippen molar-refractivity contribution in [1.82, 2.24) is 9.88 Å². The normalized spacial score (nSPS) is 17.0. The highest BCUT2D eigenvalue weighted by atomic mass is 35.5. The van der Waals surface area contributed by atoms with Crippen LogP contribution in [0.2, 0.25) is 10.0 Å². The minimum absolute atomic E-state index is 0.0911. The van der Waals surface area contributed by atoms with E-state index in [0.29, 0.717) is 42.0 Å². The van der Waals surface area contributed by atoms with Gasteiger partial charge >= 0.3 is 0 Å². The Balaban J connectivity index is 1.95. The predicted octanol–water partition coefficient (Wildman–Crippen LogP) is 1.01. The molecular formula is C13H18Cl2N4O2. The number of nitrogens with zero attached hydrogens (tertiary/aromatic N) is 3. The zero-order valence-electron chi connectivity index (χ0n) is 11.8. The Morgan fingerprint density at radius 2 is 2.10 bits per heavy atom. The van der Waals surface area contributed by atoms with Crippen molar-refractivity contribution in [3.8, 4) is 0 Å². The van der Waals surface area contributed by atoms with Crippen LogP contribution in [0.1, 0.15) is 0 Å². The summed E-state index contributed by atoms with van der Waals surface area (Å²) in [5, 5.41) is 1.02. The first-order valence-corrected chi connectivity index (χ1v) is 7.38. The maximum atomic E-state index is 12.1. The maximum Gasteiger partial charge on any atom is 0.241 e. The summed E-state index contributed by atoms with van der Waals surface area (Å²) in [6.07, 6.45) is 1.56. The van der Waals surface area contributed by atoms with Gasteiger partial charge in [-0.3, -0.25) is 4.79 Å². The molecule has 2 rings (SSSR count). The number of nitrogens with two attached hydrogens (primary N) is 1. The molecule has 2 N–H and O–H groups in total. The lowest BCUT2D eigenvalue weighted by Crippen LogP contribution is -2.54. The predicted molar refractivity (Wildman–Crippen MR) is 82.9 cm³/mol. The molecule has 1 aromatic heterocycles. The highest BCUT2D eigenvalue weighted by Crippen LogP contribution is 2.26. The second-order valence-corrected chi connectivity index (χ2v) is 5.68. The van der Waals surface area contributed by atoms with Crippen LogP contribution >= 0.6 is 23.2 Å². The first-order chi connectivity index (χ1) is 10.0. The van der Waals surface area contributed by atoms with Crippen LogP contribution in [0.3, 0.4) is 0 Å². The van der Waals surface area contributed by atoms with Gasteiger partial charge in [-0.1, -0.05) is 23.2 Å². The largest absolute Gasteiger partial charge is 0.383 e. The van der Waals surface area contributed by atoms with Gasteiger partial charge in [0.1, 0.15) is 11.9 Å². The van der Waals surface area contributed by atoms with Crippen molar-refractivity contribution in [3.63, 3.8) is 0 Å². The molecule has 1 saturated heterocycles. The second kappa shape index (κ2) is 7.26. The second-order valence-electron chi connectivity index (χ2n) is 4.83. The number of pyridine rings is 1. The number of piperazine rings is 1. The topological polar surface area (TPSA) is 71.7 Å². The Hall–Kier alpha value is -1.08. The number of ether oxygens (including phenoxy) is 1. The van der Waals surface area contributed by atoms with Crippen molar-refractivity contribution >= 4 is 34.9 Å². The smallest absolute Gasteiger partial charge is 0.241 e. The first kappa shape index (κ1) is 16.3. The van der Waals surface area contributed by atoms with E-state index in [1.165, 1.54) is 7.11 Å². The fourth-order valence-electron chi connectivity index (χ4n) is 2.26. The van der Waals surface area contributed by atoms with Gasteiger partial charge in [0.05, 0.1) is 16.7 Å². The molecule has 1 aliphatic rings. The number of hydrogen-bond donors (Lipinski definition) is 1. The van der Waals surface area contributed by atoms with Crippen LogP contribution in [-0.4, -0.2) is 61.7 Å². The van der Waals surface area contributed by atoms with E-state index in [-0.39, 0.29) is 12.5 Å². The fraction of sp³-hybridized carbons (Fsp3) is 0.538. The summed E-state index contributed by atoms with van der Waals surface area (Å²) in [6.45, 7) is 2.69. The number of methoxy groups -OCH3 is 1. The van der Waals surface area contributed by atoms with Crippen LogP contribution in [0, 0.1) is 0 Å². The molecule has 8 heteroatoms. The number of rotatable bonds is 4. The quantitative estimate of drug-likeness (QED) is 0.890. The average Bonchev–Trinajstić information content (AvgIpc) is 2.47. The van der Waals surface area contributed by atoms with E-state index in [9.17, 15) is 4.79 Å². The molecule has 1 aromatic rings. The van der Waals surface area contributed by atoms with Gasteiger partial charge in [-0.25, -0.2) is 4.98 Å². The van der Waals surface area contributed by atoms with Crippen molar-refractivity contribution in [2.75, 3.05) is 44.8 Å². The molecule has 1 unspecified atom stereocenters. The molecule has 0 spiro atoms. The summed E-state index contributed by atoms with van der Waals surface area (Å²) in [7, 11) is 1.53. The van der Waals surface area contributed by atoms with Crippen LogP contribution in [0.4, 0.5) is 5.82 Å². The minimum Gasteiger partial charge on any atom is -0.383 e. The third-order valence-corrected chi connectivity index (χ3v) is 3.83. The van der Waals surface area contributed by atoms with Gasteiger partial charge < -0.3 is 20.3 Å². The lowest BCUT2D eigenvalue weighted by Gasteiger charge is -2.36. The standard InChI is InChI=1S/C13H18Cl2N4O2/c1-21-8-11(16)13(20)19-4-2-18(3-5-19)12-10(15)6-9(14)7-17-12/h6-7,11H,2-5,8,16H2,1H3. The van der Waals surface area contributed by atoms with Crippen LogP contribution < -0.4 is 10.6 Å². The lowest BCUT2D eigenvalue weighted by molar-refractivity contribution is -0.134. The van der Waals surface area contributed by atoms with Crippen LogP contribution in [0.5, 0.6) is 0 Å². The van der Waals surface area contributed by atoms with Gasteiger partial charge in [0.25, 0.3) is 0 Å². The van der Waals surface area contributed by atoms with Crippen LogP contribution in [-0.2, 0) is 9.53 Å². The number of hydrogen-bond acceptors (Lipinski definition) is 5. The molecule has 0 radical (unpaired) electrons. The van der Waals surface area contributed by atoms with E-state index >= 15 is 0 Å². The van der Waals surface area contributed by atoms with Gasteiger partial charge in [-0.15, -0.1) is 0 Å². The van der Waals surface area contributed by atoms with Crippen molar-refractivity contribution in [1.29, 1.82) is 0 Å². The van der Waals surface area contributed by atoms with Crippen molar-refractivity contribution in [3.05, 3.63) is 22.3 Å². The first-order valence-electron chi connectivity index (χ1n) is 6.62. The summed E-state index contributed by atoms with van der Waals surface area (Å²) in [5.41, 5.74) is 5.77. The molecular weight excluding hydrogens is 315 g/mol. The molecule has 1 aliphatic heterocycles. The van der Waals surface area contributed by atoms with Crippen molar-refractivity contribution in [2.45, 2.75) is 6.04 Å². The Bertz CT molecular complexity index is 507. The third-order valence-electron chi connectivity index (χ3n) is 3.34. The molecule has 0 aliphatic carbocycles. The van der Waals surface area contributed by atoms with E-state index in [2.05, 4.69) is 4.98 Å². The number of carbonyl (C=O) groups excluding carboxylic acids is 1. The Labute approximate surface area is 133 Å². The highest BCUT2D eigenvalue weighted by Gasteiger charge is 2.26. The van der Waals surface area contributed by atoms with E-state index in [1.807, 2.05) is 4.90 Å². The molecule has 0 bridgehead atoms. The lowest BCUT2D eigenvalue weighted by atomic mass is 10.2. The van der Waals surface area contributed by atoms with E-state index in [0.717, 1.165) is 0 Å². The van der Waals surface area contributed by atoms with Crippen molar-refractivity contribution in [2.24, 2.45) is 5.73 Å². The fourth-order valence-corrected chi connectivity index (χ4v) is 2.76. The molecule has 1 amide bonds. The number of halogens is 2. The maximum absolute atomic E-state index is 12.1. The zero-order chi connectivity index (χ0) is 15.4. The van der Waals surface area contributed by atoms with Gasteiger partial charge in [0.2, 0.25) is 5.91 Å². The summed E-state index contributed by atoms with van der Waals surface area (Å²) in [6, 6.07) is 1.05.